The van der Waals surface area contributed by atoms with Crippen molar-refractivity contribution in [1.82, 2.24) is 9.55 Å². The van der Waals surface area contributed by atoms with E-state index in [9.17, 15) is 14.4 Å². The van der Waals surface area contributed by atoms with Crippen molar-refractivity contribution in [2.24, 2.45) is 5.92 Å². The van der Waals surface area contributed by atoms with E-state index < -0.39 is 5.97 Å². The van der Waals surface area contributed by atoms with Crippen LogP contribution < -0.4 is 10.9 Å². The number of aromatic nitrogens is 2. The first-order valence-electron chi connectivity index (χ1n) is 10.9. The van der Waals surface area contributed by atoms with Crippen LogP contribution >= 0.6 is 11.3 Å². The zero-order valence-corrected chi connectivity index (χ0v) is 19.5. The molecule has 0 bridgehead atoms. The maximum absolute atomic E-state index is 13.3. The summed E-state index contributed by atoms with van der Waals surface area (Å²) in [4.78, 5) is 44.5. The Morgan fingerprint density at radius 2 is 2.00 bits per heavy atom. The van der Waals surface area contributed by atoms with Crippen LogP contribution in [0.15, 0.2) is 29.1 Å². The van der Waals surface area contributed by atoms with Crippen molar-refractivity contribution in [2.45, 2.75) is 59.6 Å². The van der Waals surface area contributed by atoms with E-state index >= 15 is 0 Å². The van der Waals surface area contributed by atoms with Crippen molar-refractivity contribution >= 4 is 39.1 Å². The van der Waals surface area contributed by atoms with E-state index in [1.165, 1.54) is 9.44 Å². The summed E-state index contributed by atoms with van der Waals surface area (Å²) in [5.41, 5.74) is 1.91. The van der Waals surface area contributed by atoms with Gasteiger partial charge in [-0.2, -0.15) is 0 Å². The third-order valence-corrected chi connectivity index (χ3v) is 6.80. The normalized spacial score (nSPS) is 15.6. The third kappa shape index (κ3) is 4.46. The van der Waals surface area contributed by atoms with E-state index in [4.69, 9.17) is 4.74 Å². The Bertz CT molecular complexity index is 1240. The van der Waals surface area contributed by atoms with Crippen LogP contribution in [0.3, 0.4) is 0 Å². The number of thiophene rings is 1. The summed E-state index contributed by atoms with van der Waals surface area (Å²) in [6.07, 6.45) is 2.73. The maximum atomic E-state index is 13.3. The Morgan fingerprint density at radius 1 is 1.28 bits per heavy atom. The molecular formula is C24H27N3O4S. The smallest absolute Gasteiger partial charge is 0.338 e. The number of hydrogen-bond acceptors (Lipinski definition) is 6. The number of carbonyl (C=O) groups is 2. The van der Waals surface area contributed by atoms with Crippen molar-refractivity contribution < 1.29 is 14.3 Å². The average molecular weight is 454 g/mol. The Morgan fingerprint density at radius 3 is 2.69 bits per heavy atom. The molecule has 32 heavy (non-hydrogen) atoms. The minimum atomic E-state index is -0.409. The molecule has 168 valence electrons. The number of nitrogens with one attached hydrogen (secondary N) is 1. The van der Waals surface area contributed by atoms with Gasteiger partial charge in [-0.05, 0) is 75.8 Å². The molecule has 0 aliphatic heterocycles. The molecule has 2 heterocycles. The van der Waals surface area contributed by atoms with Crippen LogP contribution in [0.1, 0.15) is 53.8 Å². The quantitative estimate of drug-likeness (QED) is 0.588. The summed E-state index contributed by atoms with van der Waals surface area (Å²) in [7, 11) is 0. The molecule has 0 saturated carbocycles. The molecule has 1 amide bonds. The van der Waals surface area contributed by atoms with Gasteiger partial charge in [0, 0.05) is 10.6 Å². The SMILES string of the molecule is Cc1nc2sc3c(c2c(=O)n1CC(=O)Nc1ccc(C(=O)OC(C)C)cc1)CCC(C)C3. The van der Waals surface area contributed by atoms with Crippen molar-refractivity contribution in [2.75, 3.05) is 5.32 Å². The zero-order valence-electron chi connectivity index (χ0n) is 18.7. The van der Waals surface area contributed by atoms with Gasteiger partial charge in [0.2, 0.25) is 5.91 Å². The largest absolute Gasteiger partial charge is 0.459 e. The van der Waals surface area contributed by atoms with Crippen molar-refractivity contribution in [3.8, 4) is 0 Å². The molecule has 0 radical (unpaired) electrons. The fraction of sp³-hybridized carbons (Fsp3) is 0.417. The first-order chi connectivity index (χ1) is 15.2. The number of amides is 1. The highest BCUT2D eigenvalue weighted by Gasteiger charge is 2.24. The minimum Gasteiger partial charge on any atom is -0.459 e. The van der Waals surface area contributed by atoms with Gasteiger partial charge in [0.1, 0.15) is 17.2 Å². The van der Waals surface area contributed by atoms with Crippen molar-refractivity contribution in [3.05, 3.63) is 56.4 Å². The van der Waals surface area contributed by atoms with Crippen LogP contribution in [0.25, 0.3) is 10.2 Å². The second-order valence-electron chi connectivity index (χ2n) is 8.66. The Balaban J connectivity index is 1.53. The summed E-state index contributed by atoms with van der Waals surface area (Å²) < 4.78 is 6.61. The lowest BCUT2D eigenvalue weighted by molar-refractivity contribution is -0.116. The van der Waals surface area contributed by atoms with Crippen LogP contribution in [0.2, 0.25) is 0 Å². The number of esters is 1. The van der Waals surface area contributed by atoms with Gasteiger partial charge in [-0.3, -0.25) is 14.2 Å². The van der Waals surface area contributed by atoms with E-state index in [-0.39, 0.29) is 24.1 Å². The van der Waals surface area contributed by atoms with Crippen molar-refractivity contribution in [1.29, 1.82) is 0 Å². The Kier molecular flexibility index (Phi) is 6.15. The predicted octanol–water partition coefficient (Wildman–Crippen LogP) is 4.10. The van der Waals surface area contributed by atoms with Gasteiger partial charge in [0.15, 0.2) is 0 Å². The van der Waals surface area contributed by atoms with E-state index in [2.05, 4.69) is 17.2 Å². The van der Waals surface area contributed by atoms with E-state index in [0.29, 0.717) is 28.4 Å². The molecule has 1 atom stereocenters. The Labute approximate surface area is 190 Å². The molecule has 1 aliphatic carbocycles. The molecule has 3 aromatic rings. The zero-order chi connectivity index (χ0) is 23.0. The second kappa shape index (κ2) is 8.86. The number of aryl methyl sites for hydroxylation is 2. The molecule has 1 aromatic carbocycles. The number of fused-ring (bicyclic) bond motifs is 3. The van der Waals surface area contributed by atoms with E-state index in [1.54, 1.807) is 56.4 Å². The lowest BCUT2D eigenvalue weighted by atomic mass is 9.89. The van der Waals surface area contributed by atoms with E-state index in [0.717, 1.165) is 29.7 Å². The monoisotopic (exact) mass is 453 g/mol. The molecule has 0 saturated heterocycles. The van der Waals surface area contributed by atoms with Crippen LogP contribution in [-0.2, 0) is 28.9 Å². The Hall–Kier alpha value is -3.00. The molecule has 1 unspecified atom stereocenters. The van der Waals surface area contributed by atoms with Crippen molar-refractivity contribution in [3.63, 3.8) is 0 Å². The summed E-state index contributed by atoms with van der Waals surface area (Å²) in [5.74, 6) is 0.402. The van der Waals surface area contributed by atoms with Crippen LogP contribution in [-0.4, -0.2) is 27.5 Å². The van der Waals surface area contributed by atoms with Crippen LogP contribution in [0.5, 0.6) is 0 Å². The standard InChI is InChI=1S/C24H27N3O4S/c1-13(2)31-24(30)16-6-8-17(9-7-16)26-20(28)12-27-15(4)25-22-21(23(27)29)18-10-5-14(3)11-19(18)32-22/h6-9,13-14H,5,10-12H2,1-4H3,(H,26,28). The van der Waals surface area contributed by atoms with Crippen LogP contribution in [0, 0.1) is 12.8 Å². The predicted molar refractivity (Wildman–Crippen MR) is 125 cm³/mol. The molecule has 7 nitrogen and oxygen atoms in total. The van der Waals surface area contributed by atoms with Gasteiger partial charge in [-0.25, -0.2) is 9.78 Å². The van der Waals surface area contributed by atoms with Gasteiger partial charge in [0.25, 0.3) is 5.56 Å². The number of benzene rings is 1. The molecule has 0 fully saturated rings. The summed E-state index contributed by atoms with van der Waals surface area (Å²) >= 11 is 1.61. The third-order valence-electron chi connectivity index (χ3n) is 5.65. The molecule has 2 aromatic heterocycles. The maximum Gasteiger partial charge on any atom is 0.338 e. The molecular weight excluding hydrogens is 426 g/mol. The average Bonchev–Trinajstić information content (AvgIpc) is 3.08. The number of anilines is 1. The summed E-state index contributed by atoms with van der Waals surface area (Å²) in [5, 5.41) is 3.46. The fourth-order valence-corrected chi connectivity index (χ4v) is 5.45. The van der Waals surface area contributed by atoms with E-state index in [1.807, 2.05) is 0 Å². The summed E-state index contributed by atoms with van der Waals surface area (Å²) in [6.45, 7) is 7.44. The highest BCUT2D eigenvalue weighted by Crippen LogP contribution is 2.35. The first-order valence-corrected chi connectivity index (χ1v) is 11.7. The summed E-state index contributed by atoms with van der Waals surface area (Å²) in [6, 6.07) is 6.48. The lowest BCUT2D eigenvalue weighted by Gasteiger charge is -2.17. The highest BCUT2D eigenvalue weighted by molar-refractivity contribution is 7.18. The molecule has 4 rings (SSSR count). The number of ether oxygens (including phenoxy) is 1. The molecule has 1 aliphatic rings. The fourth-order valence-electron chi connectivity index (χ4n) is 4.03. The molecule has 1 N–H and O–H groups in total. The number of carbonyl (C=O) groups excluding carboxylic acids is 2. The van der Waals surface area contributed by atoms with Gasteiger partial charge in [0.05, 0.1) is 17.1 Å². The second-order valence-corrected chi connectivity index (χ2v) is 9.75. The first kappa shape index (κ1) is 22.2. The van der Waals surface area contributed by atoms with Gasteiger partial charge in [-0.15, -0.1) is 11.3 Å². The molecule has 0 spiro atoms. The lowest BCUT2D eigenvalue weighted by Crippen LogP contribution is -2.30. The number of rotatable bonds is 5. The minimum absolute atomic E-state index is 0.119. The van der Waals surface area contributed by atoms with Crippen LogP contribution in [0.4, 0.5) is 5.69 Å². The topological polar surface area (TPSA) is 90.3 Å². The van der Waals surface area contributed by atoms with Gasteiger partial charge >= 0.3 is 5.97 Å². The van der Waals surface area contributed by atoms with Gasteiger partial charge < -0.3 is 10.1 Å². The van der Waals surface area contributed by atoms with Gasteiger partial charge in [-0.1, -0.05) is 6.92 Å². The molecule has 8 heteroatoms. The number of hydrogen-bond donors (Lipinski definition) is 1. The number of nitrogens with zero attached hydrogens (tertiary/aromatic N) is 2. The highest BCUT2D eigenvalue weighted by atomic mass is 32.1.